The van der Waals surface area contributed by atoms with Gasteiger partial charge in [-0.1, -0.05) is 36.7 Å². The van der Waals surface area contributed by atoms with Crippen LogP contribution in [0, 0.1) is 5.92 Å². The molecule has 3 atom stereocenters. The second-order valence-corrected chi connectivity index (χ2v) is 15.2. The van der Waals surface area contributed by atoms with Gasteiger partial charge in [0, 0.05) is 37.3 Å². The summed E-state index contributed by atoms with van der Waals surface area (Å²) in [5.41, 5.74) is 6.94. The highest BCUT2D eigenvalue weighted by molar-refractivity contribution is 6.30. The van der Waals surface area contributed by atoms with Crippen molar-refractivity contribution in [1.29, 1.82) is 0 Å². The number of nitrogens with one attached hydrogen (secondary N) is 3. The van der Waals surface area contributed by atoms with E-state index < -0.39 is 0 Å². The number of hydrogen-bond acceptors (Lipinski definition) is 10. The smallest absolute Gasteiger partial charge is 0.323 e. The third-order valence-electron chi connectivity index (χ3n) is 8.17. The quantitative estimate of drug-likeness (QED) is 0.0517. The van der Waals surface area contributed by atoms with Crippen LogP contribution in [-0.4, -0.2) is 77.5 Å². The molecule has 14 heteroatoms. The van der Waals surface area contributed by atoms with Gasteiger partial charge in [-0.3, -0.25) is 19.0 Å². The third-order valence-corrected chi connectivity index (χ3v) is 8.39. The number of nitrogens with two attached hydrogens (primary N) is 1. The standard InChI is InChI=1S/C16H25ClN2O3.C14H14N2O2.C9H17NO2.CH5N/c1-11(8-18-10-20)13(5-6-22-16(2,3)4)14-7-12(17)9-19-15(14)21;1-3-8-17-9-12-15-13-10-6-4-5-7-11(10)18-14(13)16(12)2;1-9(2,3)12-8(11)7-5-4-6-10-7;1-2/h7,9-11,13H,5-6,8H2,1-4H3,(H,18,20)(H,19,21);3-7H,1,8-9H2,2H3;7,10H,4-6H2,1-3H3;2H2,1H3/t11-,13?;;7-;/m0.0./s1. The Morgan fingerprint density at radius 2 is 1.91 bits per heavy atom. The molecule has 1 aliphatic rings. The number of para-hydroxylation sites is 1. The molecular weight excluding hydrogens is 712 g/mol. The van der Waals surface area contributed by atoms with Gasteiger partial charge in [0.25, 0.3) is 5.56 Å². The number of ether oxygens (including phenoxy) is 3. The molecule has 300 valence electrons. The Morgan fingerprint density at radius 1 is 1.20 bits per heavy atom. The predicted octanol–water partition coefficient (Wildman–Crippen LogP) is 6.38. The van der Waals surface area contributed by atoms with E-state index in [1.807, 2.05) is 84.3 Å². The zero-order valence-corrected chi connectivity index (χ0v) is 34.2. The van der Waals surface area contributed by atoms with Crippen molar-refractivity contribution in [2.75, 3.05) is 33.4 Å². The van der Waals surface area contributed by atoms with Crippen molar-refractivity contribution in [2.45, 2.75) is 97.5 Å². The first-order valence-corrected chi connectivity index (χ1v) is 18.7. The molecule has 3 aromatic heterocycles. The molecule has 5 N–H and O–H groups in total. The number of fused-ring (bicyclic) bond motifs is 3. The summed E-state index contributed by atoms with van der Waals surface area (Å²) in [6, 6.07) is 9.54. The van der Waals surface area contributed by atoms with Gasteiger partial charge in [-0.25, -0.2) is 4.98 Å². The predicted molar refractivity (Wildman–Crippen MR) is 216 cm³/mol. The van der Waals surface area contributed by atoms with E-state index in [-0.39, 0.29) is 40.6 Å². The normalized spacial score (nSPS) is 15.1. The lowest BCUT2D eigenvalue weighted by Gasteiger charge is -2.26. The Kier molecular flexibility index (Phi) is 19.1. The average Bonchev–Trinajstić information content (AvgIpc) is 3.86. The zero-order chi connectivity index (χ0) is 40.5. The van der Waals surface area contributed by atoms with E-state index in [1.165, 1.54) is 13.2 Å². The lowest BCUT2D eigenvalue weighted by Crippen LogP contribution is -2.37. The van der Waals surface area contributed by atoms with Gasteiger partial charge in [0.1, 0.15) is 35.2 Å². The number of imidazole rings is 1. The number of rotatable bonds is 13. The van der Waals surface area contributed by atoms with Gasteiger partial charge in [-0.15, -0.1) is 6.58 Å². The number of benzene rings is 1. The van der Waals surface area contributed by atoms with E-state index in [9.17, 15) is 14.4 Å². The molecule has 13 nitrogen and oxygen atoms in total. The Bertz CT molecular complexity index is 1800. The van der Waals surface area contributed by atoms with Gasteiger partial charge in [0.2, 0.25) is 12.1 Å². The molecule has 1 aromatic carbocycles. The van der Waals surface area contributed by atoms with Gasteiger partial charge in [0.15, 0.2) is 0 Å². The summed E-state index contributed by atoms with van der Waals surface area (Å²) in [5.74, 6) is 0.793. The van der Waals surface area contributed by atoms with Gasteiger partial charge >= 0.3 is 5.97 Å². The summed E-state index contributed by atoms with van der Waals surface area (Å²) in [4.78, 5) is 41.2. The second kappa shape index (κ2) is 22.4. The minimum absolute atomic E-state index is 0.0442. The molecule has 1 aliphatic heterocycles. The van der Waals surface area contributed by atoms with Crippen LogP contribution in [0.3, 0.4) is 0 Å². The van der Waals surface area contributed by atoms with Crippen LogP contribution in [0.4, 0.5) is 0 Å². The molecule has 0 bridgehead atoms. The van der Waals surface area contributed by atoms with Crippen LogP contribution in [0.2, 0.25) is 5.02 Å². The number of furan rings is 1. The van der Waals surface area contributed by atoms with Crippen LogP contribution in [0.1, 0.15) is 85.0 Å². The van der Waals surface area contributed by atoms with Gasteiger partial charge in [-0.2, -0.15) is 0 Å². The molecule has 0 spiro atoms. The minimum Gasteiger partial charge on any atom is -0.459 e. The number of amides is 1. The molecular formula is C40H61ClN6O7. The van der Waals surface area contributed by atoms with Crippen molar-refractivity contribution in [3.05, 3.63) is 75.9 Å². The van der Waals surface area contributed by atoms with Gasteiger partial charge in [-0.05, 0) is 104 Å². The summed E-state index contributed by atoms with van der Waals surface area (Å²) in [5, 5.41) is 7.31. The molecule has 1 amide bonds. The topological polar surface area (TPSA) is 176 Å². The van der Waals surface area contributed by atoms with Crippen molar-refractivity contribution >= 4 is 46.2 Å². The van der Waals surface area contributed by atoms with E-state index in [1.54, 1.807) is 12.1 Å². The van der Waals surface area contributed by atoms with E-state index >= 15 is 0 Å². The monoisotopic (exact) mass is 772 g/mol. The Morgan fingerprint density at radius 3 is 2.52 bits per heavy atom. The van der Waals surface area contributed by atoms with Crippen molar-refractivity contribution in [2.24, 2.45) is 18.7 Å². The van der Waals surface area contributed by atoms with Gasteiger partial charge < -0.3 is 40.0 Å². The molecule has 1 saturated heterocycles. The van der Waals surface area contributed by atoms with Gasteiger partial charge in [0.05, 0.1) is 17.2 Å². The van der Waals surface area contributed by atoms with Crippen LogP contribution in [0.5, 0.6) is 0 Å². The van der Waals surface area contributed by atoms with E-state index in [2.05, 4.69) is 32.9 Å². The highest BCUT2D eigenvalue weighted by Crippen LogP contribution is 2.29. The van der Waals surface area contributed by atoms with Crippen LogP contribution < -0.4 is 21.9 Å². The number of carbonyl (C=O) groups is 2. The first-order valence-electron chi connectivity index (χ1n) is 18.3. The number of halogens is 1. The molecule has 4 aromatic rings. The highest BCUT2D eigenvalue weighted by Gasteiger charge is 2.27. The lowest BCUT2D eigenvalue weighted by molar-refractivity contribution is -0.157. The molecule has 1 unspecified atom stereocenters. The van der Waals surface area contributed by atoms with E-state index in [0.717, 1.165) is 47.4 Å². The number of nitrogens with zero attached hydrogens (tertiary/aromatic N) is 2. The SMILES string of the molecule is C=CCOCc1nc2c3ccccc3oc2n1C.CC(C)(C)OC(=O)[C@@H]1CCCN1.CN.C[C@@H](CNC=O)C(CCOC(C)(C)C)c1cc(Cl)c[nH]c1=O. The number of pyridine rings is 1. The van der Waals surface area contributed by atoms with Crippen LogP contribution in [-0.2, 0) is 37.5 Å². The van der Waals surface area contributed by atoms with E-state index in [4.69, 9.17) is 30.2 Å². The highest BCUT2D eigenvalue weighted by atomic mass is 35.5. The Hall–Kier alpha value is -4.01. The number of esters is 1. The van der Waals surface area contributed by atoms with Crippen molar-refractivity contribution in [1.82, 2.24) is 25.2 Å². The molecule has 54 heavy (non-hydrogen) atoms. The summed E-state index contributed by atoms with van der Waals surface area (Å²) in [7, 11) is 3.43. The molecule has 0 saturated carbocycles. The summed E-state index contributed by atoms with van der Waals surface area (Å²) >= 11 is 6.00. The van der Waals surface area contributed by atoms with Crippen LogP contribution in [0.15, 0.2) is 58.4 Å². The third kappa shape index (κ3) is 15.0. The number of aryl methyl sites for hydroxylation is 1. The number of H-pyrrole nitrogens is 1. The van der Waals surface area contributed by atoms with Crippen molar-refractivity contribution < 1.29 is 28.2 Å². The number of aromatic amines is 1. The largest absolute Gasteiger partial charge is 0.459 e. The Labute approximate surface area is 324 Å². The first-order chi connectivity index (χ1) is 25.5. The zero-order valence-electron chi connectivity index (χ0n) is 33.4. The summed E-state index contributed by atoms with van der Waals surface area (Å²) in [6.45, 7) is 20.2. The molecule has 4 heterocycles. The second-order valence-electron chi connectivity index (χ2n) is 14.8. The fraction of sp³-hybridized carbons (Fsp3) is 0.550. The molecule has 0 aliphatic carbocycles. The average molecular weight is 773 g/mol. The minimum atomic E-state index is -0.360. The fourth-order valence-corrected chi connectivity index (χ4v) is 5.83. The van der Waals surface area contributed by atoms with Crippen LogP contribution >= 0.6 is 11.6 Å². The molecule has 5 rings (SSSR count). The molecule has 1 fully saturated rings. The number of carbonyl (C=O) groups excluding carboxylic acids is 2. The summed E-state index contributed by atoms with van der Waals surface area (Å²) < 4.78 is 24.1. The number of aromatic nitrogens is 3. The van der Waals surface area contributed by atoms with Crippen molar-refractivity contribution in [3.8, 4) is 0 Å². The Balaban J connectivity index is 0.000000284. The summed E-state index contributed by atoms with van der Waals surface area (Å²) in [6.07, 6.45) is 6.54. The van der Waals surface area contributed by atoms with Crippen molar-refractivity contribution in [3.63, 3.8) is 0 Å². The molecule has 0 radical (unpaired) electrons. The fourth-order valence-electron chi connectivity index (χ4n) is 5.66. The first kappa shape index (κ1) is 46.1. The number of hydrogen-bond donors (Lipinski definition) is 4. The van der Waals surface area contributed by atoms with E-state index in [0.29, 0.717) is 49.8 Å². The lowest BCUT2D eigenvalue weighted by atomic mass is 9.85. The maximum atomic E-state index is 12.1. The van der Waals surface area contributed by atoms with Crippen LogP contribution in [0.25, 0.3) is 22.2 Å². The maximum absolute atomic E-state index is 12.1. The maximum Gasteiger partial charge on any atom is 0.323 e.